The molecule has 0 aliphatic carbocycles. The van der Waals surface area contributed by atoms with Gasteiger partial charge in [-0.15, -0.1) is 0 Å². The first kappa shape index (κ1) is 17.8. The Morgan fingerprint density at radius 3 is 2.84 bits per heavy atom. The number of aryl methyl sites for hydroxylation is 1. The van der Waals surface area contributed by atoms with E-state index < -0.39 is 0 Å². The van der Waals surface area contributed by atoms with E-state index in [1.165, 1.54) is 0 Å². The number of hydrogen-bond acceptors (Lipinski definition) is 6. The highest BCUT2D eigenvalue weighted by Crippen LogP contribution is 2.28. The van der Waals surface area contributed by atoms with Crippen LogP contribution in [0.2, 0.25) is 0 Å². The van der Waals surface area contributed by atoms with E-state index in [4.69, 9.17) is 18.7 Å². The molecule has 1 fully saturated rings. The first-order chi connectivity index (χ1) is 12.2. The molecule has 2 atom stereocenters. The van der Waals surface area contributed by atoms with Gasteiger partial charge in [0, 0.05) is 31.0 Å². The minimum absolute atomic E-state index is 0.294. The predicted molar refractivity (Wildman–Crippen MR) is 94.0 cm³/mol. The van der Waals surface area contributed by atoms with E-state index in [-0.39, 0.29) is 0 Å². The maximum absolute atomic E-state index is 5.66. The molecule has 0 spiro atoms. The van der Waals surface area contributed by atoms with Crippen molar-refractivity contribution in [3.8, 4) is 11.5 Å². The fourth-order valence-corrected chi connectivity index (χ4v) is 3.14. The van der Waals surface area contributed by atoms with Crippen LogP contribution in [0.5, 0.6) is 11.5 Å². The second kappa shape index (κ2) is 8.36. The van der Waals surface area contributed by atoms with E-state index in [9.17, 15) is 0 Å². The Labute approximate surface area is 148 Å². The zero-order valence-electron chi connectivity index (χ0n) is 15.1. The Kier molecular flexibility index (Phi) is 5.94. The van der Waals surface area contributed by atoms with Crippen molar-refractivity contribution in [2.24, 2.45) is 5.92 Å². The summed E-state index contributed by atoms with van der Waals surface area (Å²) < 4.78 is 22.0. The average Bonchev–Trinajstić information content (AvgIpc) is 3.23. The number of nitrogens with zero attached hydrogens (tertiary/aromatic N) is 1. The molecular formula is C19H26N2O4. The second-order valence-corrected chi connectivity index (χ2v) is 6.34. The van der Waals surface area contributed by atoms with Crippen LogP contribution in [0.3, 0.4) is 0 Å². The second-order valence-electron chi connectivity index (χ2n) is 6.34. The van der Waals surface area contributed by atoms with Gasteiger partial charge in [-0.1, -0.05) is 11.2 Å². The van der Waals surface area contributed by atoms with Crippen LogP contribution in [-0.4, -0.2) is 38.1 Å². The summed E-state index contributed by atoms with van der Waals surface area (Å²) >= 11 is 0. The normalized spacial score (nSPS) is 20.0. The molecule has 3 rings (SSSR count). The highest BCUT2D eigenvalue weighted by atomic mass is 16.5. The van der Waals surface area contributed by atoms with Gasteiger partial charge in [-0.25, -0.2) is 0 Å². The van der Waals surface area contributed by atoms with Crippen molar-refractivity contribution in [1.82, 2.24) is 10.5 Å². The molecule has 1 saturated heterocycles. The maximum atomic E-state index is 5.66. The van der Waals surface area contributed by atoms with Gasteiger partial charge in [0.05, 0.1) is 32.6 Å². The quantitative estimate of drug-likeness (QED) is 0.793. The minimum Gasteiger partial charge on any atom is -0.493 e. The minimum atomic E-state index is 0.294. The van der Waals surface area contributed by atoms with E-state index in [1.54, 1.807) is 7.11 Å². The lowest BCUT2D eigenvalue weighted by Crippen LogP contribution is -2.36. The molecule has 0 radical (unpaired) electrons. The van der Waals surface area contributed by atoms with Crippen LogP contribution in [-0.2, 0) is 17.7 Å². The summed E-state index contributed by atoms with van der Waals surface area (Å²) in [4.78, 5) is 0. The molecule has 0 amide bonds. The first-order valence-corrected chi connectivity index (χ1v) is 8.72. The Morgan fingerprint density at radius 1 is 1.24 bits per heavy atom. The standard InChI is InChI=1S/C19H26N2O4/c1-4-24-18-6-5-14(8-19(18)22-3)10-20-17-12-23-11-15(17)9-16-7-13(2)21-25-16/h5-8,15,17,20H,4,9-12H2,1-3H3/t15-,17-/m1/s1. The number of rotatable bonds is 8. The maximum Gasteiger partial charge on any atom is 0.161 e. The highest BCUT2D eigenvalue weighted by Gasteiger charge is 2.29. The van der Waals surface area contributed by atoms with E-state index in [2.05, 4.69) is 16.5 Å². The molecule has 0 saturated carbocycles. The van der Waals surface area contributed by atoms with Crippen LogP contribution >= 0.6 is 0 Å². The van der Waals surface area contributed by atoms with Gasteiger partial charge in [-0.3, -0.25) is 0 Å². The Balaban J connectivity index is 1.58. The van der Waals surface area contributed by atoms with Gasteiger partial charge < -0.3 is 24.1 Å². The summed E-state index contributed by atoms with van der Waals surface area (Å²) in [6.45, 7) is 6.73. The zero-order chi connectivity index (χ0) is 17.6. The van der Waals surface area contributed by atoms with Crippen LogP contribution in [0, 0.1) is 12.8 Å². The summed E-state index contributed by atoms with van der Waals surface area (Å²) in [5, 5.41) is 7.55. The molecule has 6 nitrogen and oxygen atoms in total. The summed E-state index contributed by atoms with van der Waals surface area (Å²) in [5.41, 5.74) is 2.07. The number of ether oxygens (including phenoxy) is 3. The van der Waals surface area contributed by atoms with E-state index in [0.717, 1.165) is 48.1 Å². The lowest BCUT2D eigenvalue weighted by atomic mass is 9.98. The van der Waals surface area contributed by atoms with E-state index >= 15 is 0 Å². The summed E-state index contributed by atoms with van der Waals surface area (Å²) in [5.74, 6) is 2.84. The van der Waals surface area contributed by atoms with E-state index in [0.29, 0.717) is 25.2 Å². The number of methoxy groups -OCH3 is 1. The van der Waals surface area contributed by atoms with Crippen molar-refractivity contribution in [3.63, 3.8) is 0 Å². The molecule has 25 heavy (non-hydrogen) atoms. The third kappa shape index (κ3) is 4.52. The Bertz CT molecular complexity index is 686. The van der Waals surface area contributed by atoms with Crippen molar-refractivity contribution < 1.29 is 18.7 Å². The third-order valence-electron chi connectivity index (χ3n) is 4.43. The van der Waals surface area contributed by atoms with Crippen LogP contribution in [0.15, 0.2) is 28.8 Å². The van der Waals surface area contributed by atoms with Gasteiger partial charge in [0.15, 0.2) is 11.5 Å². The van der Waals surface area contributed by atoms with Crippen LogP contribution in [0.1, 0.15) is 23.9 Å². The first-order valence-electron chi connectivity index (χ1n) is 8.72. The van der Waals surface area contributed by atoms with Crippen molar-refractivity contribution in [2.75, 3.05) is 26.9 Å². The lowest BCUT2D eigenvalue weighted by molar-refractivity contribution is 0.181. The number of nitrogens with one attached hydrogen (secondary N) is 1. The molecule has 1 aromatic carbocycles. The van der Waals surface area contributed by atoms with Crippen molar-refractivity contribution in [1.29, 1.82) is 0 Å². The van der Waals surface area contributed by atoms with Crippen LogP contribution < -0.4 is 14.8 Å². The fourth-order valence-electron chi connectivity index (χ4n) is 3.14. The molecular weight excluding hydrogens is 320 g/mol. The molecule has 1 N–H and O–H groups in total. The van der Waals surface area contributed by atoms with E-state index in [1.807, 2.05) is 32.0 Å². The summed E-state index contributed by atoms with van der Waals surface area (Å²) in [7, 11) is 1.66. The molecule has 1 aliphatic heterocycles. The van der Waals surface area contributed by atoms with Gasteiger partial charge >= 0.3 is 0 Å². The third-order valence-corrected chi connectivity index (χ3v) is 4.43. The summed E-state index contributed by atoms with van der Waals surface area (Å²) in [6, 6.07) is 8.32. The largest absolute Gasteiger partial charge is 0.493 e. The number of benzene rings is 1. The molecule has 1 aromatic heterocycles. The lowest BCUT2D eigenvalue weighted by Gasteiger charge is -2.18. The van der Waals surface area contributed by atoms with Gasteiger partial charge in [0.1, 0.15) is 5.76 Å². The molecule has 0 unspecified atom stereocenters. The molecule has 1 aliphatic rings. The van der Waals surface area contributed by atoms with Gasteiger partial charge in [-0.2, -0.15) is 0 Å². The van der Waals surface area contributed by atoms with Gasteiger partial charge in [0.2, 0.25) is 0 Å². The SMILES string of the molecule is CCOc1ccc(CN[C@@H]2COC[C@H]2Cc2cc(C)no2)cc1OC. The molecule has 2 aromatic rings. The molecule has 136 valence electrons. The number of aromatic nitrogens is 1. The number of hydrogen-bond donors (Lipinski definition) is 1. The topological polar surface area (TPSA) is 65.8 Å². The smallest absolute Gasteiger partial charge is 0.161 e. The average molecular weight is 346 g/mol. The van der Waals surface area contributed by atoms with Gasteiger partial charge in [0.25, 0.3) is 0 Å². The van der Waals surface area contributed by atoms with Crippen molar-refractivity contribution in [2.45, 2.75) is 32.9 Å². The predicted octanol–water partition coefficient (Wildman–Crippen LogP) is 2.74. The van der Waals surface area contributed by atoms with Crippen LogP contribution in [0.25, 0.3) is 0 Å². The molecule has 6 heteroatoms. The highest BCUT2D eigenvalue weighted by molar-refractivity contribution is 5.42. The summed E-state index contributed by atoms with van der Waals surface area (Å²) in [6.07, 6.45) is 0.838. The van der Waals surface area contributed by atoms with Crippen molar-refractivity contribution >= 4 is 0 Å². The van der Waals surface area contributed by atoms with Gasteiger partial charge in [-0.05, 0) is 31.5 Å². The Morgan fingerprint density at radius 2 is 2.12 bits per heavy atom. The zero-order valence-corrected chi connectivity index (χ0v) is 15.1. The fraction of sp³-hybridized carbons (Fsp3) is 0.526. The monoisotopic (exact) mass is 346 g/mol. The molecule has 2 heterocycles. The van der Waals surface area contributed by atoms with Crippen LogP contribution in [0.4, 0.5) is 0 Å². The molecule has 0 bridgehead atoms. The Hall–Kier alpha value is -2.05. The van der Waals surface area contributed by atoms with Crippen molar-refractivity contribution in [3.05, 3.63) is 41.3 Å².